The van der Waals surface area contributed by atoms with E-state index in [-0.39, 0.29) is 0 Å². The summed E-state index contributed by atoms with van der Waals surface area (Å²) in [6.45, 7) is 5.96. The summed E-state index contributed by atoms with van der Waals surface area (Å²) < 4.78 is 1.79. The Morgan fingerprint density at radius 2 is 1.78 bits per heavy atom. The van der Waals surface area contributed by atoms with Crippen molar-refractivity contribution in [3.8, 4) is 0 Å². The fraction of sp³-hybridized carbons (Fsp3) is 0.294. The largest absolute Gasteiger partial charge is 0.368 e. The van der Waals surface area contributed by atoms with Gasteiger partial charge in [0.25, 0.3) is 0 Å². The molecule has 3 heterocycles. The van der Waals surface area contributed by atoms with Gasteiger partial charge in [-0.3, -0.25) is 0 Å². The molecule has 1 aromatic carbocycles. The lowest BCUT2D eigenvalue weighted by Gasteiger charge is -2.37. The summed E-state index contributed by atoms with van der Waals surface area (Å²) in [6, 6.07) is 10.0. The first-order chi connectivity index (χ1) is 11.2. The first kappa shape index (κ1) is 14.3. The van der Waals surface area contributed by atoms with Gasteiger partial charge in [0.05, 0.1) is 6.20 Å². The molecule has 0 atom stereocenters. The minimum absolute atomic E-state index is 0.792. The summed E-state index contributed by atoms with van der Waals surface area (Å²) in [5, 5.41) is 4.98. The highest BCUT2D eigenvalue weighted by Gasteiger charge is 2.20. The fourth-order valence-corrected chi connectivity index (χ4v) is 3.24. The standard InChI is InChI=1S/C17H18ClN5/c1-13-2-3-14(18)12-15(13)21-8-10-22(11-9-21)16-5-7-23-17(20-16)4-6-19-23/h2-7,12H,8-11H2,1H3. The molecule has 0 amide bonds. The molecule has 118 valence electrons. The molecule has 1 aliphatic rings. The van der Waals surface area contributed by atoms with E-state index in [1.165, 1.54) is 11.3 Å². The van der Waals surface area contributed by atoms with Crippen LogP contribution in [0.3, 0.4) is 0 Å². The lowest BCUT2D eigenvalue weighted by Crippen LogP contribution is -2.47. The van der Waals surface area contributed by atoms with Crippen molar-refractivity contribution in [3.05, 3.63) is 53.3 Å². The van der Waals surface area contributed by atoms with Crippen molar-refractivity contribution in [2.45, 2.75) is 6.92 Å². The van der Waals surface area contributed by atoms with Gasteiger partial charge in [0, 0.05) is 49.2 Å². The lowest BCUT2D eigenvalue weighted by atomic mass is 10.1. The van der Waals surface area contributed by atoms with E-state index in [1.807, 2.05) is 24.4 Å². The van der Waals surface area contributed by atoms with Gasteiger partial charge in [-0.15, -0.1) is 0 Å². The number of rotatable bonds is 2. The van der Waals surface area contributed by atoms with Gasteiger partial charge in [-0.25, -0.2) is 9.50 Å². The van der Waals surface area contributed by atoms with Crippen LogP contribution in [-0.2, 0) is 0 Å². The third-order valence-corrected chi connectivity index (χ3v) is 4.59. The molecule has 0 bridgehead atoms. The van der Waals surface area contributed by atoms with E-state index in [0.717, 1.165) is 42.7 Å². The van der Waals surface area contributed by atoms with Crippen LogP contribution in [0.4, 0.5) is 11.5 Å². The predicted molar refractivity (Wildman–Crippen MR) is 93.6 cm³/mol. The Hall–Kier alpha value is -2.27. The Labute approximate surface area is 140 Å². The van der Waals surface area contributed by atoms with E-state index >= 15 is 0 Å². The van der Waals surface area contributed by atoms with Gasteiger partial charge in [0.15, 0.2) is 5.65 Å². The molecule has 1 saturated heterocycles. The van der Waals surface area contributed by atoms with E-state index in [9.17, 15) is 0 Å². The van der Waals surface area contributed by atoms with Crippen LogP contribution >= 0.6 is 11.6 Å². The first-order valence-corrected chi connectivity index (χ1v) is 8.15. The van der Waals surface area contributed by atoms with E-state index in [0.29, 0.717) is 0 Å². The van der Waals surface area contributed by atoms with Crippen LogP contribution in [0.1, 0.15) is 5.56 Å². The molecule has 2 aromatic heterocycles. The summed E-state index contributed by atoms with van der Waals surface area (Å²) in [7, 11) is 0. The molecule has 23 heavy (non-hydrogen) atoms. The van der Waals surface area contributed by atoms with Gasteiger partial charge < -0.3 is 9.80 Å². The Morgan fingerprint density at radius 3 is 2.61 bits per heavy atom. The second kappa shape index (κ2) is 5.74. The predicted octanol–water partition coefficient (Wildman–Crippen LogP) is 3.02. The molecule has 1 aliphatic heterocycles. The van der Waals surface area contributed by atoms with Gasteiger partial charge in [0.1, 0.15) is 5.82 Å². The third kappa shape index (κ3) is 2.72. The van der Waals surface area contributed by atoms with Crippen LogP contribution in [0.2, 0.25) is 5.02 Å². The fourth-order valence-electron chi connectivity index (χ4n) is 3.08. The first-order valence-electron chi connectivity index (χ1n) is 7.77. The number of aromatic nitrogens is 3. The Kier molecular flexibility index (Phi) is 3.58. The van der Waals surface area contributed by atoms with Crippen LogP contribution in [0.15, 0.2) is 42.7 Å². The highest BCUT2D eigenvalue weighted by molar-refractivity contribution is 6.30. The average Bonchev–Trinajstić information content (AvgIpc) is 3.05. The Balaban J connectivity index is 1.51. The zero-order chi connectivity index (χ0) is 15.8. The van der Waals surface area contributed by atoms with Gasteiger partial charge in [0.2, 0.25) is 0 Å². The summed E-state index contributed by atoms with van der Waals surface area (Å²) in [5.74, 6) is 1.01. The van der Waals surface area contributed by atoms with Gasteiger partial charge in [-0.1, -0.05) is 17.7 Å². The van der Waals surface area contributed by atoms with E-state index < -0.39 is 0 Å². The van der Waals surface area contributed by atoms with E-state index in [2.05, 4.69) is 38.9 Å². The Bertz CT molecular complexity index is 836. The molecule has 0 saturated carbocycles. The van der Waals surface area contributed by atoms with Crippen LogP contribution in [0.25, 0.3) is 5.65 Å². The second-order valence-corrected chi connectivity index (χ2v) is 6.26. The number of benzene rings is 1. The molecule has 0 spiro atoms. The van der Waals surface area contributed by atoms with Crippen molar-refractivity contribution in [2.24, 2.45) is 0 Å². The van der Waals surface area contributed by atoms with E-state index in [4.69, 9.17) is 11.6 Å². The number of hydrogen-bond donors (Lipinski definition) is 0. The highest BCUT2D eigenvalue weighted by atomic mass is 35.5. The summed E-state index contributed by atoms with van der Waals surface area (Å²) >= 11 is 6.15. The van der Waals surface area contributed by atoms with Crippen LogP contribution in [0, 0.1) is 6.92 Å². The molecule has 5 nitrogen and oxygen atoms in total. The van der Waals surface area contributed by atoms with Crippen molar-refractivity contribution in [1.29, 1.82) is 0 Å². The smallest absolute Gasteiger partial charge is 0.157 e. The lowest BCUT2D eigenvalue weighted by molar-refractivity contribution is 0.646. The number of aryl methyl sites for hydroxylation is 1. The highest BCUT2D eigenvalue weighted by Crippen LogP contribution is 2.26. The van der Waals surface area contributed by atoms with Gasteiger partial charge in [-0.05, 0) is 30.7 Å². The number of piperazine rings is 1. The molecule has 6 heteroatoms. The van der Waals surface area contributed by atoms with Crippen LogP contribution in [-0.4, -0.2) is 40.8 Å². The zero-order valence-corrected chi connectivity index (χ0v) is 13.7. The van der Waals surface area contributed by atoms with Gasteiger partial charge >= 0.3 is 0 Å². The minimum Gasteiger partial charge on any atom is -0.368 e. The number of anilines is 2. The van der Waals surface area contributed by atoms with Crippen LogP contribution < -0.4 is 9.80 Å². The number of fused-ring (bicyclic) bond motifs is 1. The SMILES string of the molecule is Cc1ccc(Cl)cc1N1CCN(c2ccn3nccc3n2)CC1. The molecule has 4 rings (SSSR count). The quantitative estimate of drug-likeness (QED) is 0.725. The van der Waals surface area contributed by atoms with Crippen molar-refractivity contribution < 1.29 is 0 Å². The maximum Gasteiger partial charge on any atom is 0.157 e. The van der Waals surface area contributed by atoms with Crippen molar-refractivity contribution in [3.63, 3.8) is 0 Å². The number of nitrogens with zero attached hydrogens (tertiary/aromatic N) is 5. The third-order valence-electron chi connectivity index (χ3n) is 4.36. The second-order valence-electron chi connectivity index (χ2n) is 5.82. The monoisotopic (exact) mass is 327 g/mol. The molecule has 0 radical (unpaired) electrons. The molecular formula is C17H18ClN5. The average molecular weight is 328 g/mol. The molecule has 3 aromatic rings. The molecule has 0 unspecified atom stereocenters. The minimum atomic E-state index is 0.792. The van der Waals surface area contributed by atoms with Crippen LogP contribution in [0.5, 0.6) is 0 Å². The zero-order valence-electron chi connectivity index (χ0n) is 13.0. The molecule has 0 aliphatic carbocycles. The summed E-state index contributed by atoms with van der Waals surface area (Å²) in [6.07, 6.45) is 3.73. The van der Waals surface area contributed by atoms with Crippen molar-refractivity contribution in [2.75, 3.05) is 36.0 Å². The Morgan fingerprint density at radius 1 is 1.00 bits per heavy atom. The maximum atomic E-state index is 6.15. The summed E-state index contributed by atoms with van der Waals surface area (Å²) in [5.41, 5.74) is 3.38. The maximum absolute atomic E-state index is 6.15. The number of hydrogen-bond acceptors (Lipinski definition) is 4. The molecule has 0 N–H and O–H groups in total. The normalized spacial score (nSPS) is 15.4. The summed E-state index contributed by atoms with van der Waals surface area (Å²) in [4.78, 5) is 9.40. The molecule has 1 fully saturated rings. The topological polar surface area (TPSA) is 36.7 Å². The van der Waals surface area contributed by atoms with Crippen molar-refractivity contribution >= 4 is 28.8 Å². The van der Waals surface area contributed by atoms with Gasteiger partial charge in [-0.2, -0.15) is 5.10 Å². The molecular weight excluding hydrogens is 310 g/mol. The number of halogens is 1. The van der Waals surface area contributed by atoms with E-state index in [1.54, 1.807) is 10.7 Å². The van der Waals surface area contributed by atoms with Crippen molar-refractivity contribution in [1.82, 2.24) is 14.6 Å².